The van der Waals surface area contributed by atoms with Gasteiger partial charge in [-0.3, -0.25) is 14.9 Å². The number of nitrogens with one attached hydrogen (secondary N) is 1. The molecule has 8 nitrogen and oxygen atoms in total. The molecule has 0 atom stereocenters. The zero-order chi connectivity index (χ0) is 17.0. The molecule has 1 aromatic carbocycles. The number of carboxylic acids is 1. The minimum absolute atomic E-state index is 0.0244. The fourth-order valence-electron chi connectivity index (χ4n) is 2.38. The third-order valence-corrected chi connectivity index (χ3v) is 4.73. The van der Waals surface area contributed by atoms with Crippen molar-refractivity contribution in [3.05, 3.63) is 33.9 Å². The van der Waals surface area contributed by atoms with Crippen LogP contribution < -0.4 is 10.1 Å². The first kappa shape index (κ1) is 17.1. The van der Waals surface area contributed by atoms with Crippen LogP contribution in [0.2, 0.25) is 0 Å². The fraction of sp³-hybridized carbons (Fsp3) is 0.429. The Morgan fingerprint density at radius 3 is 2.57 bits per heavy atom. The molecule has 0 aliphatic carbocycles. The van der Waals surface area contributed by atoms with Crippen LogP contribution in [0.1, 0.15) is 23.2 Å². The number of thioether (sulfide) groups is 1. The van der Waals surface area contributed by atoms with E-state index in [0.717, 1.165) is 6.07 Å². The Balaban J connectivity index is 2.27. The number of carbonyl (C=O) groups is 2. The zero-order valence-corrected chi connectivity index (χ0v) is 13.2. The molecule has 0 radical (unpaired) electrons. The zero-order valence-electron chi connectivity index (χ0n) is 12.4. The van der Waals surface area contributed by atoms with Crippen molar-refractivity contribution in [1.82, 2.24) is 5.32 Å². The smallest absolute Gasteiger partial charge is 0.329 e. The number of amides is 1. The van der Waals surface area contributed by atoms with Gasteiger partial charge in [0.2, 0.25) is 0 Å². The van der Waals surface area contributed by atoms with Crippen molar-refractivity contribution in [3.63, 3.8) is 0 Å². The molecular weight excluding hydrogens is 324 g/mol. The molecule has 0 spiro atoms. The molecule has 0 aromatic heterocycles. The van der Waals surface area contributed by atoms with Gasteiger partial charge in [0.15, 0.2) is 5.75 Å². The number of hydrogen-bond donors (Lipinski definition) is 2. The monoisotopic (exact) mass is 340 g/mol. The standard InChI is InChI=1S/C14H16N2O6S/c1-22-11-3-2-9(8-10(11)16(20)21)12(17)15-14(13(18)19)4-6-23-7-5-14/h2-3,8H,4-7H2,1H3,(H,15,17)(H,18,19). The maximum atomic E-state index is 12.4. The summed E-state index contributed by atoms with van der Waals surface area (Å²) < 4.78 is 4.88. The van der Waals surface area contributed by atoms with E-state index in [1.807, 2.05) is 0 Å². The Bertz CT molecular complexity index is 642. The number of rotatable bonds is 5. The van der Waals surface area contributed by atoms with Crippen molar-refractivity contribution < 1.29 is 24.4 Å². The summed E-state index contributed by atoms with van der Waals surface area (Å²) >= 11 is 1.63. The summed E-state index contributed by atoms with van der Waals surface area (Å²) in [6.07, 6.45) is 0.633. The lowest BCUT2D eigenvalue weighted by molar-refractivity contribution is -0.385. The average molecular weight is 340 g/mol. The van der Waals surface area contributed by atoms with E-state index in [-0.39, 0.29) is 17.0 Å². The summed E-state index contributed by atoms with van der Waals surface area (Å²) in [5.41, 5.74) is -1.64. The van der Waals surface area contributed by atoms with Gasteiger partial charge in [-0.15, -0.1) is 0 Å². The number of aliphatic carboxylic acids is 1. The molecule has 124 valence electrons. The third-order valence-electron chi connectivity index (χ3n) is 3.75. The normalized spacial score (nSPS) is 16.4. The van der Waals surface area contributed by atoms with Crippen LogP contribution in [-0.2, 0) is 4.79 Å². The first-order chi connectivity index (χ1) is 10.9. The first-order valence-electron chi connectivity index (χ1n) is 6.86. The van der Waals surface area contributed by atoms with Crippen molar-refractivity contribution in [2.45, 2.75) is 18.4 Å². The summed E-state index contributed by atoms with van der Waals surface area (Å²) in [5, 5.41) is 23.0. The number of nitro groups is 1. The molecule has 1 aliphatic heterocycles. The van der Waals surface area contributed by atoms with Gasteiger partial charge in [0.25, 0.3) is 5.91 Å². The molecule has 1 saturated heterocycles. The highest BCUT2D eigenvalue weighted by molar-refractivity contribution is 7.99. The Labute approximate surface area is 136 Å². The van der Waals surface area contributed by atoms with Gasteiger partial charge in [-0.1, -0.05) is 0 Å². The van der Waals surface area contributed by atoms with Crippen molar-refractivity contribution in [2.75, 3.05) is 18.6 Å². The minimum Gasteiger partial charge on any atom is -0.490 e. The second-order valence-electron chi connectivity index (χ2n) is 5.10. The van der Waals surface area contributed by atoms with E-state index in [9.17, 15) is 24.8 Å². The van der Waals surface area contributed by atoms with Crippen LogP contribution in [0, 0.1) is 10.1 Å². The molecule has 0 bridgehead atoms. The Kier molecular flexibility index (Phi) is 5.09. The van der Waals surface area contributed by atoms with E-state index < -0.39 is 22.3 Å². The molecular formula is C14H16N2O6S. The number of ether oxygens (including phenoxy) is 1. The highest BCUT2D eigenvalue weighted by Gasteiger charge is 2.41. The van der Waals surface area contributed by atoms with E-state index in [2.05, 4.69) is 5.32 Å². The maximum Gasteiger partial charge on any atom is 0.329 e. The number of nitrogens with zero attached hydrogens (tertiary/aromatic N) is 1. The van der Waals surface area contributed by atoms with Gasteiger partial charge in [0, 0.05) is 11.6 Å². The largest absolute Gasteiger partial charge is 0.490 e. The van der Waals surface area contributed by atoms with Crippen molar-refractivity contribution in [2.24, 2.45) is 0 Å². The van der Waals surface area contributed by atoms with Gasteiger partial charge in [0.1, 0.15) is 5.54 Å². The fourth-order valence-corrected chi connectivity index (χ4v) is 3.57. The van der Waals surface area contributed by atoms with Gasteiger partial charge in [-0.25, -0.2) is 4.79 Å². The highest BCUT2D eigenvalue weighted by Crippen LogP contribution is 2.30. The number of hydrogen-bond acceptors (Lipinski definition) is 6. The predicted octanol–water partition coefficient (Wildman–Crippen LogP) is 1.68. The van der Waals surface area contributed by atoms with Crippen LogP contribution in [0.15, 0.2) is 18.2 Å². The molecule has 23 heavy (non-hydrogen) atoms. The van der Waals surface area contributed by atoms with Crippen LogP contribution in [-0.4, -0.2) is 46.1 Å². The molecule has 1 heterocycles. The topological polar surface area (TPSA) is 119 Å². The lowest BCUT2D eigenvalue weighted by Gasteiger charge is -2.33. The van der Waals surface area contributed by atoms with Gasteiger partial charge < -0.3 is 15.2 Å². The highest BCUT2D eigenvalue weighted by atomic mass is 32.2. The molecule has 1 fully saturated rings. The molecule has 1 aromatic rings. The summed E-state index contributed by atoms with van der Waals surface area (Å²) in [5.74, 6) is -0.433. The molecule has 0 unspecified atom stereocenters. The van der Waals surface area contributed by atoms with E-state index in [4.69, 9.17) is 4.74 Å². The van der Waals surface area contributed by atoms with Gasteiger partial charge in [-0.05, 0) is 36.5 Å². The van der Waals surface area contributed by atoms with Crippen molar-refractivity contribution >= 4 is 29.3 Å². The minimum atomic E-state index is -1.32. The first-order valence-corrected chi connectivity index (χ1v) is 8.01. The molecule has 2 rings (SSSR count). The third kappa shape index (κ3) is 3.55. The van der Waals surface area contributed by atoms with Gasteiger partial charge in [0.05, 0.1) is 12.0 Å². The molecule has 0 saturated carbocycles. The van der Waals surface area contributed by atoms with Crippen LogP contribution in [0.5, 0.6) is 5.75 Å². The second kappa shape index (κ2) is 6.86. The van der Waals surface area contributed by atoms with Crippen LogP contribution in [0.25, 0.3) is 0 Å². The van der Waals surface area contributed by atoms with E-state index in [1.54, 1.807) is 11.8 Å². The van der Waals surface area contributed by atoms with Gasteiger partial charge >= 0.3 is 11.7 Å². The Morgan fingerprint density at radius 2 is 2.04 bits per heavy atom. The lowest BCUT2D eigenvalue weighted by atomic mass is 9.92. The maximum absolute atomic E-state index is 12.4. The molecule has 1 amide bonds. The summed E-state index contributed by atoms with van der Waals surface area (Å²) in [6, 6.07) is 3.77. The number of benzene rings is 1. The number of methoxy groups -OCH3 is 1. The van der Waals surface area contributed by atoms with Crippen LogP contribution in [0.4, 0.5) is 5.69 Å². The van der Waals surface area contributed by atoms with Crippen LogP contribution >= 0.6 is 11.8 Å². The number of nitro benzene ring substituents is 1. The average Bonchev–Trinajstić information content (AvgIpc) is 2.54. The van der Waals surface area contributed by atoms with E-state index in [0.29, 0.717) is 24.3 Å². The number of carboxylic acid groups (broad SMARTS) is 1. The Hall–Kier alpha value is -2.29. The second-order valence-corrected chi connectivity index (χ2v) is 6.32. The van der Waals surface area contributed by atoms with Crippen molar-refractivity contribution in [1.29, 1.82) is 0 Å². The molecule has 1 aliphatic rings. The lowest BCUT2D eigenvalue weighted by Crippen LogP contribution is -2.56. The Morgan fingerprint density at radius 1 is 1.39 bits per heavy atom. The summed E-state index contributed by atoms with van der Waals surface area (Å²) in [7, 11) is 1.29. The SMILES string of the molecule is COc1ccc(C(=O)NC2(C(=O)O)CCSCC2)cc1[N+](=O)[O-]. The predicted molar refractivity (Wildman–Crippen MR) is 84.0 cm³/mol. The van der Waals surface area contributed by atoms with E-state index >= 15 is 0 Å². The van der Waals surface area contributed by atoms with E-state index in [1.165, 1.54) is 19.2 Å². The quantitative estimate of drug-likeness (QED) is 0.618. The molecule has 2 N–H and O–H groups in total. The number of carbonyl (C=O) groups excluding carboxylic acids is 1. The summed E-state index contributed by atoms with van der Waals surface area (Å²) in [4.78, 5) is 34.3. The summed E-state index contributed by atoms with van der Waals surface area (Å²) in [6.45, 7) is 0. The van der Waals surface area contributed by atoms with Crippen molar-refractivity contribution in [3.8, 4) is 5.75 Å². The molecule has 9 heteroatoms. The van der Waals surface area contributed by atoms with Crippen LogP contribution in [0.3, 0.4) is 0 Å². The van der Waals surface area contributed by atoms with Gasteiger partial charge in [-0.2, -0.15) is 11.8 Å².